The Morgan fingerprint density at radius 1 is 1.18 bits per heavy atom. The van der Waals surface area contributed by atoms with Crippen LogP contribution in [0.5, 0.6) is 17.2 Å². The van der Waals surface area contributed by atoms with Crippen molar-refractivity contribution in [2.75, 3.05) is 21.3 Å². The summed E-state index contributed by atoms with van der Waals surface area (Å²) in [5, 5.41) is 0. The monoisotopic (exact) mass is 306 g/mol. The Morgan fingerprint density at radius 3 is 2.55 bits per heavy atom. The van der Waals surface area contributed by atoms with Crippen molar-refractivity contribution >= 4 is 5.91 Å². The van der Waals surface area contributed by atoms with E-state index in [0.29, 0.717) is 23.8 Å². The third-order valence-corrected chi connectivity index (χ3v) is 2.98. The average molecular weight is 306 g/mol. The van der Waals surface area contributed by atoms with Crippen molar-refractivity contribution in [3.8, 4) is 17.2 Å². The molecule has 1 heterocycles. The standard InChI is InChI=1S/C14H18N4O4/c1-20-10-5-4-9(11(21-2)12(10)22-3)8-17-18-14(19)13-15-6-7-16-13/h4-7,17H,8H2,1-3H3,(H,15,16)(H,18,19). The molecule has 0 radical (unpaired) electrons. The molecule has 0 unspecified atom stereocenters. The largest absolute Gasteiger partial charge is 0.493 e. The molecule has 1 aromatic carbocycles. The van der Waals surface area contributed by atoms with Crippen LogP contribution in [0.25, 0.3) is 0 Å². The van der Waals surface area contributed by atoms with Gasteiger partial charge in [-0.25, -0.2) is 10.4 Å². The molecule has 0 spiro atoms. The minimum Gasteiger partial charge on any atom is -0.493 e. The van der Waals surface area contributed by atoms with Crippen LogP contribution in [0.1, 0.15) is 16.2 Å². The third kappa shape index (κ3) is 3.29. The van der Waals surface area contributed by atoms with Crippen molar-refractivity contribution in [1.29, 1.82) is 0 Å². The maximum Gasteiger partial charge on any atom is 0.301 e. The lowest BCUT2D eigenvalue weighted by atomic mass is 10.1. The minimum absolute atomic E-state index is 0.228. The van der Waals surface area contributed by atoms with E-state index in [4.69, 9.17) is 14.2 Å². The Labute approximate surface area is 127 Å². The van der Waals surface area contributed by atoms with Gasteiger partial charge >= 0.3 is 5.91 Å². The molecule has 8 nitrogen and oxygen atoms in total. The van der Waals surface area contributed by atoms with E-state index in [0.717, 1.165) is 5.56 Å². The van der Waals surface area contributed by atoms with E-state index >= 15 is 0 Å². The molecule has 0 atom stereocenters. The van der Waals surface area contributed by atoms with Gasteiger partial charge in [-0.2, -0.15) is 0 Å². The summed E-state index contributed by atoms with van der Waals surface area (Å²) >= 11 is 0. The second-order valence-electron chi connectivity index (χ2n) is 4.24. The zero-order valence-corrected chi connectivity index (χ0v) is 12.6. The van der Waals surface area contributed by atoms with Crippen LogP contribution < -0.4 is 25.1 Å². The van der Waals surface area contributed by atoms with Gasteiger partial charge in [-0.1, -0.05) is 0 Å². The maximum absolute atomic E-state index is 11.7. The number of methoxy groups -OCH3 is 3. The first-order valence-corrected chi connectivity index (χ1v) is 6.51. The summed E-state index contributed by atoms with van der Waals surface area (Å²) in [6.07, 6.45) is 3.08. The fraction of sp³-hybridized carbons (Fsp3) is 0.286. The minimum atomic E-state index is -0.357. The van der Waals surface area contributed by atoms with Crippen LogP contribution in [0.4, 0.5) is 0 Å². The van der Waals surface area contributed by atoms with Crippen molar-refractivity contribution in [1.82, 2.24) is 20.8 Å². The highest BCUT2D eigenvalue weighted by Gasteiger charge is 2.15. The number of nitrogens with one attached hydrogen (secondary N) is 3. The molecule has 8 heteroatoms. The number of aromatic nitrogens is 2. The van der Waals surface area contributed by atoms with E-state index in [1.807, 2.05) is 6.07 Å². The number of carbonyl (C=O) groups is 1. The first kappa shape index (κ1) is 15.6. The molecule has 0 saturated carbocycles. The molecule has 0 fully saturated rings. The fourth-order valence-electron chi connectivity index (χ4n) is 1.97. The molecule has 0 aliphatic carbocycles. The highest BCUT2D eigenvalue weighted by Crippen LogP contribution is 2.39. The molecule has 22 heavy (non-hydrogen) atoms. The third-order valence-electron chi connectivity index (χ3n) is 2.98. The zero-order valence-electron chi connectivity index (χ0n) is 12.6. The van der Waals surface area contributed by atoms with E-state index in [1.54, 1.807) is 26.5 Å². The smallest absolute Gasteiger partial charge is 0.301 e. The number of hydrazine groups is 1. The number of rotatable bonds is 7. The quantitative estimate of drug-likeness (QED) is 0.657. The number of H-pyrrole nitrogens is 1. The van der Waals surface area contributed by atoms with E-state index in [-0.39, 0.29) is 11.7 Å². The van der Waals surface area contributed by atoms with Gasteiger partial charge < -0.3 is 19.2 Å². The van der Waals surface area contributed by atoms with Crippen LogP contribution in [-0.4, -0.2) is 37.2 Å². The lowest BCUT2D eigenvalue weighted by Gasteiger charge is -2.16. The summed E-state index contributed by atoms with van der Waals surface area (Å²) in [5.41, 5.74) is 6.16. The summed E-state index contributed by atoms with van der Waals surface area (Å²) in [4.78, 5) is 18.3. The molecular formula is C14H18N4O4. The van der Waals surface area contributed by atoms with Gasteiger partial charge in [0.1, 0.15) is 0 Å². The topological polar surface area (TPSA) is 97.5 Å². The first-order chi connectivity index (χ1) is 10.7. The number of carbonyl (C=O) groups excluding carboxylic acids is 1. The number of imidazole rings is 1. The van der Waals surface area contributed by atoms with Crippen molar-refractivity contribution < 1.29 is 19.0 Å². The average Bonchev–Trinajstić information content (AvgIpc) is 3.08. The van der Waals surface area contributed by atoms with E-state index < -0.39 is 0 Å². The molecule has 0 aliphatic rings. The van der Waals surface area contributed by atoms with Crippen LogP contribution >= 0.6 is 0 Å². The molecular weight excluding hydrogens is 288 g/mol. The Morgan fingerprint density at radius 2 is 1.95 bits per heavy atom. The van der Waals surface area contributed by atoms with Gasteiger partial charge in [0.2, 0.25) is 5.75 Å². The lowest BCUT2D eigenvalue weighted by molar-refractivity contribution is 0.0922. The number of benzene rings is 1. The lowest BCUT2D eigenvalue weighted by Crippen LogP contribution is -2.37. The molecule has 0 bridgehead atoms. The molecule has 1 amide bonds. The van der Waals surface area contributed by atoms with E-state index in [2.05, 4.69) is 20.8 Å². The first-order valence-electron chi connectivity index (χ1n) is 6.51. The van der Waals surface area contributed by atoms with Crippen molar-refractivity contribution in [3.05, 3.63) is 35.9 Å². The van der Waals surface area contributed by atoms with Gasteiger partial charge in [0.05, 0.1) is 21.3 Å². The number of hydrogen-bond acceptors (Lipinski definition) is 6. The molecule has 118 valence electrons. The summed E-state index contributed by atoms with van der Waals surface area (Å²) in [6.45, 7) is 0.343. The van der Waals surface area contributed by atoms with Crippen LogP contribution in [0, 0.1) is 0 Å². The number of hydrogen-bond donors (Lipinski definition) is 3. The molecule has 0 saturated heterocycles. The normalized spacial score (nSPS) is 10.1. The summed E-state index contributed by atoms with van der Waals surface area (Å²) in [7, 11) is 4.64. The van der Waals surface area contributed by atoms with Gasteiger partial charge in [-0.3, -0.25) is 10.2 Å². The van der Waals surface area contributed by atoms with Crippen molar-refractivity contribution in [2.24, 2.45) is 0 Å². The Hall–Kier alpha value is -2.74. The number of amides is 1. The number of nitrogens with zero attached hydrogens (tertiary/aromatic N) is 1. The van der Waals surface area contributed by atoms with E-state index in [9.17, 15) is 4.79 Å². The number of ether oxygens (including phenoxy) is 3. The molecule has 1 aromatic heterocycles. The van der Waals surface area contributed by atoms with Crippen molar-refractivity contribution in [2.45, 2.75) is 6.54 Å². The van der Waals surface area contributed by atoms with Crippen LogP contribution in [0.15, 0.2) is 24.5 Å². The Balaban J connectivity index is 2.05. The SMILES string of the molecule is COc1ccc(CNNC(=O)c2ncc[nH]2)c(OC)c1OC. The van der Waals surface area contributed by atoms with Gasteiger partial charge in [0.25, 0.3) is 0 Å². The van der Waals surface area contributed by atoms with Crippen molar-refractivity contribution in [3.63, 3.8) is 0 Å². The fourth-order valence-corrected chi connectivity index (χ4v) is 1.97. The highest BCUT2D eigenvalue weighted by atomic mass is 16.5. The number of aromatic amines is 1. The maximum atomic E-state index is 11.7. The molecule has 2 aromatic rings. The van der Waals surface area contributed by atoms with Gasteiger partial charge in [0.15, 0.2) is 17.3 Å². The van der Waals surface area contributed by atoms with Crippen LogP contribution in [-0.2, 0) is 6.54 Å². The predicted molar refractivity (Wildman–Crippen MR) is 79.0 cm³/mol. The van der Waals surface area contributed by atoms with Crippen LogP contribution in [0.2, 0.25) is 0 Å². The van der Waals surface area contributed by atoms with Gasteiger partial charge in [-0.05, 0) is 12.1 Å². The highest BCUT2D eigenvalue weighted by molar-refractivity contribution is 5.89. The Bertz CT molecular complexity index is 628. The zero-order chi connectivity index (χ0) is 15.9. The summed E-state index contributed by atoms with van der Waals surface area (Å²) in [5.74, 6) is 1.49. The summed E-state index contributed by atoms with van der Waals surface area (Å²) < 4.78 is 15.9. The van der Waals surface area contributed by atoms with Gasteiger partial charge in [0, 0.05) is 24.5 Å². The second-order valence-corrected chi connectivity index (χ2v) is 4.24. The molecule has 0 aliphatic heterocycles. The Kier molecular flexibility index (Phi) is 5.21. The summed E-state index contributed by atoms with van der Waals surface area (Å²) in [6, 6.07) is 3.60. The van der Waals surface area contributed by atoms with E-state index in [1.165, 1.54) is 13.3 Å². The molecule has 3 N–H and O–H groups in total. The van der Waals surface area contributed by atoms with Gasteiger partial charge in [-0.15, -0.1) is 0 Å². The molecule has 2 rings (SSSR count). The van der Waals surface area contributed by atoms with Crippen LogP contribution in [0.3, 0.4) is 0 Å². The predicted octanol–water partition coefficient (Wildman–Crippen LogP) is 0.870. The second kappa shape index (κ2) is 7.32.